The van der Waals surface area contributed by atoms with Gasteiger partial charge in [-0.25, -0.2) is 9.78 Å². The molecule has 0 saturated carbocycles. The van der Waals surface area contributed by atoms with E-state index >= 15 is 0 Å². The summed E-state index contributed by atoms with van der Waals surface area (Å²) in [7, 11) is 0. The summed E-state index contributed by atoms with van der Waals surface area (Å²) in [6.45, 7) is 6.14. The maximum absolute atomic E-state index is 12.6. The summed E-state index contributed by atoms with van der Waals surface area (Å²) in [6.07, 6.45) is 3.06. The highest BCUT2D eigenvalue weighted by atomic mass is 35.5. The Kier molecular flexibility index (Phi) is 6.10. The fourth-order valence-corrected chi connectivity index (χ4v) is 4.85. The monoisotopic (exact) mass is 462 g/mol. The summed E-state index contributed by atoms with van der Waals surface area (Å²) >= 11 is 7.34. The lowest BCUT2D eigenvalue weighted by Gasteiger charge is -2.32. The molecule has 2 aliphatic rings. The molecule has 31 heavy (non-hydrogen) atoms. The van der Waals surface area contributed by atoms with E-state index in [9.17, 15) is 14.7 Å². The van der Waals surface area contributed by atoms with Crippen molar-refractivity contribution in [2.45, 2.75) is 32.7 Å². The number of carbonyl (C=O) groups is 2. The van der Waals surface area contributed by atoms with Gasteiger partial charge in [-0.1, -0.05) is 22.9 Å². The second-order valence-electron chi connectivity index (χ2n) is 7.58. The zero-order valence-corrected chi connectivity index (χ0v) is 18.8. The molecule has 164 valence electrons. The van der Waals surface area contributed by atoms with Crippen LogP contribution in [0.5, 0.6) is 0 Å². The molecule has 0 aliphatic carbocycles. The molecule has 3 N–H and O–H groups in total. The lowest BCUT2D eigenvalue weighted by molar-refractivity contribution is 0.0701. The van der Waals surface area contributed by atoms with Crippen molar-refractivity contribution in [1.29, 1.82) is 0 Å². The van der Waals surface area contributed by atoms with E-state index in [0.717, 1.165) is 35.4 Å². The lowest BCUT2D eigenvalue weighted by atomic mass is 10.1. The highest BCUT2D eigenvalue weighted by Crippen LogP contribution is 2.30. The second-order valence-corrected chi connectivity index (χ2v) is 8.94. The van der Waals surface area contributed by atoms with E-state index < -0.39 is 5.97 Å². The van der Waals surface area contributed by atoms with Gasteiger partial charge in [-0.15, -0.1) is 0 Å². The third-order valence-electron chi connectivity index (χ3n) is 5.45. The van der Waals surface area contributed by atoms with Crippen LogP contribution in [0.25, 0.3) is 0 Å². The molecule has 0 bridgehead atoms. The maximum Gasteiger partial charge on any atom is 0.348 e. The number of thiazole rings is 1. The van der Waals surface area contributed by atoms with Gasteiger partial charge in [-0.2, -0.15) is 0 Å². The van der Waals surface area contributed by atoms with Crippen LogP contribution in [0.3, 0.4) is 0 Å². The first kappa shape index (κ1) is 21.5. The van der Waals surface area contributed by atoms with Crippen molar-refractivity contribution in [2.24, 2.45) is 9.98 Å². The average molecular weight is 463 g/mol. The smallest absolute Gasteiger partial charge is 0.348 e. The number of anilines is 1. The highest BCUT2D eigenvalue weighted by molar-refractivity contribution is 7.17. The number of aromatic amines is 1. The van der Waals surface area contributed by atoms with Crippen LogP contribution in [0.1, 0.15) is 50.0 Å². The van der Waals surface area contributed by atoms with Crippen molar-refractivity contribution in [3.63, 3.8) is 0 Å². The van der Waals surface area contributed by atoms with E-state index in [1.165, 1.54) is 0 Å². The van der Waals surface area contributed by atoms with Gasteiger partial charge in [0.25, 0.3) is 5.91 Å². The summed E-state index contributed by atoms with van der Waals surface area (Å²) in [4.78, 5) is 42.7. The highest BCUT2D eigenvalue weighted by Gasteiger charge is 2.28. The maximum atomic E-state index is 12.6. The quantitative estimate of drug-likeness (QED) is 0.630. The number of carboxylic acids is 1. The fourth-order valence-electron chi connectivity index (χ4n) is 3.75. The summed E-state index contributed by atoms with van der Waals surface area (Å²) in [5.41, 5.74) is 2.92. The van der Waals surface area contributed by atoms with E-state index in [1.54, 1.807) is 6.21 Å². The van der Waals surface area contributed by atoms with Crippen LogP contribution in [0, 0.1) is 13.8 Å². The molecule has 0 spiro atoms. The zero-order valence-electron chi connectivity index (χ0n) is 17.2. The number of aryl methyl sites for hydroxylation is 1. The first-order valence-electron chi connectivity index (χ1n) is 10.0. The third-order valence-corrected chi connectivity index (χ3v) is 7.12. The summed E-state index contributed by atoms with van der Waals surface area (Å²) in [5.74, 6) is -1.18. The number of nitrogens with zero attached hydrogens (tertiary/aromatic N) is 4. The van der Waals surface area contributed by atoms with Crippen molar-refractivity contribution < 1.29 is 14.7 Å². The van der Waals surface area contributed by atoms with Crippen molar-refractivity contribution in [3.05, 3.63) is 32.5 Å². The Morgan fingerprint density at radius 1 is 1.29 bits per heavy atom. The molecule has 1 saturated heterocycles. The van der Waals surface area contributed by atoms with Gasteiger partial charge in [0.2, 0.25) is 0 Å². The molecule has 0 atom stereocenters. The van der Waals surface area contributed by atoms with Gasteiger partial charge in [-0.3, -0.25) is 14.8 Å². The summed E-state index contributed by atoms with van der Waals surface area (Å²) < 4.78 is 0. The number of piperidine rings is 1. The molecular formula is C20H23ClN6O3S. The van der Waals surface area contributed by atoms with E-state index in [2.05, 4.69) is 30.2 Å². The van der Waals surface area contributed by atoms with Crippen LogP contribution in [0.4, 0.5) is 5.13 Å². The number of hydrogen-bond acceptors (Lipinski definition) is 7. The number of hydrogen-bond donors (Lipinski definition) is 3. The van der Waals surface area contributed by atoms with Gasteiger partial charge in [0.05, 0.1) is 18.1 Å². The van der Waals surface area contributed by atoms with E-state index in [1.807, 2.05) is 13.8 Å². The number of rotatable bonds is 5. The van der Waals surface area contributed by atoms with Gasteiger partial charge in [0.1, 0.15) is 22.0 Å². The summed E-state index contributed by atoms with van der Waals surface area (Å²) in [5, 5.41) is 13.9. The molecule has 9 nitrogen and oxygen atoms in total. The second kappa shape index (κ2) is 8.80. The standard InChI is InChI=1S/C20H23ClN6O3S/c1-10-14(21)11(2)24-15(10)18(28)25-12-3-7-27(8-4-12)20-26-16(17(31-20)19(29)30)13-9-22-5-6-23-13/h9,12,24H,3-8H2,1-2H3,(H,25,28)(H,29,30). The number of aromatic nitrogens is 2. The molecule has 0 aromatic carbocycles. The lowest BCUT2D eigenvalue weighted by Crippen LogP contribution is -2.45. The molecule has 2 aliphatic heterocycles. The molecule has 2 aromatic heterocycles. The Morgan fingerprint density at radius 2 is 2.03 bits per heavy atom. The number of aliphatic imine (C=N–C) groups is 2. The largest absolute Gasteiger partial charge is 0.477 e. The van der Waals surface area contributed by atoms with Crippen LogP contribution >= 0.6 is 22.9 Å². The van der Waals surface area contributed by atoms with Gasteiger partial charge in [0, 0.05) is 31.0 Å². The number of nitrogens with one attached hydrogen (secondary N) is 2. The molecule has 1 fully saturated rings. The number of carbonyl (C=O) groups excluding carboxylic acids is 1. The molecular weight excluding hydrogens is 440 g/mol. The average Bonchev–Trinajstić information content (AvgIpc) is 3.33. The molecule has 11 heteroatoms. The number of carboxylic acid groups (broad SMARTS) is 1. The van der Waals surface area contributed by atoms with Crippen LogP contribution in [0.15, 0.2) is 9.98 Å². The molecule has 2 aromatic rings. The number of amides is 1. The van der Waals surface area contributed by atoms with Crippen LogP contribution < -0.4 is 10.2 Å². The van der Waals surface area contributed by atoms with Crippen LogP contribution in [-0.4, -0.2) is 71.1 Å². The molecule has 4 heterocycles. The van der Waals surface area contributed by atoms with Crippen molar-refractivity contribution in [2.75, 3.05) is 31.1 Å². The molecule has 4 rings (SSSR count). The van der Waals surface area contributed by atoms with E-state index in [-0.39, 0.29) is 16.8 Å². The normalized spacial score (nSPS) is 17.0. The van der Waals surface area contributed by atoms with Crippen LogP contribution in [0.2, 0.25) is 5.02 Å². The van der Waals surface area contributed by atoms with Gasteiger partial charge >= 0.3 is 5.97 Å². The fraction of sp³-hybridized carbons (Fsp3) is 0.450. The molecule has 0 radical (unpaired) electrons. The third kappa shape index (κ3) is 4.35. The first-order valence-corrected chi connectivity index (χ1v) is 11.2. The zero-order chi connectivity index (χ0) is 22.1. The van der Waals surface area contributed by atoms with Crippen LogP contribution in [-0.2, 0) is 0 Å². The van der Waals surface area contributed by atoms with Crippen molar-refractivity contribution in [3.8, 4) is 0 Å². The van der Waals surface area contributed by atoms with Gasteiger partial charge < -0.3 is 20.3 Å². The molecule has 1 amide bonds. The van der Waals surface area contributed by atoms with Gasteiger partial charge in [-0.05, 0) is 32.3 Å². The SMILES string of the molecule is Cc1[nH]c(C(=O)NC2CCN(c3nc(C4=NCCN=C4)c(C(=O)O)s3)CC2)c(C)c1Cl. The number of halogens is 1. The van der Waals surface area contributed by atoms with E-state index in [0.29, 0.717) is 53.4 Å². The minimum absolute atomic E-state index is 0.0266. The Hall–Kier alpha value is -2.72. The molecule has 0 unspecified atom stereocenters. The predicted molar refractivity (Wildman–Crippen MR) is 122 cm³/mol. The Morgan fingerprint density at radius 3 is 2.61 bits per heavy atom. The first-order chi connectivity index (χ1) is 14.8. The Balaban J connectivity index is 1.42. The summed E-state index contributed by atoms with van der Waals surface area (Å²) in [6, 6.07) is 0.0266. The van der Waals surface area contributed by atoms with Crippen molar-refractivity contribution in [1.82, 2.24) is 15.3 Å². The Labute approximate surface area is 188 Å². The van der Waals surface area contributed by atoms with Gasteiger partial charge in [0.15, 0.2) is 5.13 Å². The topological polar surface area (TPSA) is 123 Å². The number of aromatic carboxylic acids is 1. The minimum Gasteiger partial charge on any atom is -0.477 e. The van der Waals surface area contributed by atoms with E-state index in [4.69, 9.17) is 11.6 Å². The minimum atomic E-state index is -1.02. The Bertz CT molecular complexity index is 1080. The number of H-pyrrole nitrogens is 1. The van der Waals surface area contributed by atoms with Crippen molar-refractivity contribution >= 4 is 51.9 Å². The predicted octanol–water partition coefficient (Wildman–Crippen LogP) is 2.71.